The summed E-state index contributed by atoms with van der Waals surface area (Å²) in [4.78, 5) is 10.0. The van der Waals surface area contributed by atoms with Gasteiger partial charge in [-0.15, -0.1) is 0 Å². The van der Waals surface area contributed by atoms with Crippen molar-refractivity contribution >= 4 is 5.97 Å². The van der Waals surface area contributed by atoms with E-state index in [-0.39, 0.29) is 6.42 Å². The highest BCUT2D eigenvalue weighted by molar-refractivity contribution is 5.67. The van der Waals surface area contributed by atoms with Crippen molar-refractivity contribution in [3.63, 3.8) is 0 Å². The van der Waals surface area contributed by atoms with Crippen LogP contribution in [0.1, 0.15) is 13.3 Å². The Morgan fingerprint density at radius 3 is 2.11 bits per heavy atom. The lowest BCUT2D eigenvalue weighted by Crippen LogP contribution is -2.61. The van der Waals surface area contributed by atoms with Crippen molar-refractivity contribution in [3.05, 3.63) is 0 Å². The van der Waals surface area contributed by atoms with E-state index >= 15 is 0 Å². The van der Waals surface area contributed by atoms with Crippen molar-refractivity contribution in [1.82, 2.24) is 0 Å². The maximum Gasteiger partial charge on any atom is 0.462 e. The van der Waals surface area contributed by atoms with Gasteiger partial charge in [0.1, 0.15) is 10.2 Å². The molecule has 0 unspecified atom stereocenters. The minimum Gasteiger partial charge on any atom is -0.234 e. The molecule has 0 aromatic rings. The SMILES string of the molecule is CCC(=O)O[Cl+3]([O-])([O-])[O-]. The molecule has 0 bridgehead atoms. The van der Waals surface area contributed by atoms with E-state index in [4.69, 9.17) is 0 Å². The molecule has 0 saturated carbocycles. The van der Waals surface area contributed by atoms with Crippen LogP contribution in [0.4, 0.5) is 0 Å². The Labute approximate surface area is 53.6 Å². The van der Waals surface area contributed by atoms with Crippen LogP contribution in [0.25, 0.3) is 0 Å². The Morgan fingerprint density at radius 1 is 1.56 bits per heavy atom. The topological polar surface area (TPSA) is 95.5 Å². The maximum atomic E-state index is 10.0. The lowest BCUT2D eigenvalue weighted by atomic mass is 10.5. The molecule has 9 heavy (non-hydrogen) atoms. The van der Waals surface area contributed by atoms with E-state index in [1.807, 2.05) is 0 Å². The fraction of sp³-hybridized carbons (Fsp3) is 0.667. The van der Waals surface area contributed by atoms with Crippen molar-refractivity contribution in [3.8, 4) is 0 Å². The smallest absolute Gasteiger partial charge is 0.234 e. The van der Waals surface area contributed by atoms with Crippen molar-refractivity contribution < 1.29 is 33.3 Å². The van der Waals surface area contributed by atoms with Gasteiger partial charge in [-0.2, -0.15) is 14.0 Å². The minimum absolute atomic E-state index is 0.130. The largest absolute Gasteiger partial charge is 0.462 e. The maximum absolute atomic E-state index is 10.0. The van der Waals surface area contributed by atoms with Crippen molar-refractivity contribution in [1.29, 1.82) is 0 Å². The fourth-order valence-electron chi connectivity index (χ4n) is 0.160. The fourth-order valence-corrected chi connectivity index (χ4v) is 0.480. The molecule has 5 nitrogen and oxygen atoms in total. The summed E-state index contributed by atoms with van der Waals surface area (Å²) in [7, 11) is -4.58. The molecule has 0 aliphatic rings. The highest BCUT2D eigenvalue weighted by Gasteiger charge is 2.22. The Hall–Kier alpha value is -0.360. The molecule has 0 aliphatic carbocycles. The van der Waals surface area contributed by atoms with Crippen LogP contribution in [0.2, 0.25) is 0 Å². The average molecular weight is 157 g/mol. The number of hydrogen-bond acceptors (Lipinski definition) is 5. The summed E-state index contributed by atoms with van der Waals surface area (Å²) in [6.45, 7) is 1.38. The minimum atomic E-state index is -4.58. The molecule has 0 aliphatic heterocycles. The molecule has 0 heterocycles. The molecule has 0 saturated heterocycles. The van der Waals surface area contributed by atoms with E-state index in [1.54, 1.807) is 0 Å². The summed E-state index contributed by atoms with van der Waals surface area (Å²) in [6, 6.07) is 0. The van der Waals surface area contributed by atoms with E-state index < -0.39 is 16.2 Å². The molecule has 0 radical (unpaired) electrons. The van der Waals surface area contributed by atoms with Gasteiger partial charge in [-0.1, -0.05) is 6.92 Å². The predicted molar refractivity (Wildman–Crippen MR) is 16.4 cm³/mol. The molecular weight excluding hydrogens is 151 g/mol. The van der Waals surface area contributed by atoms with Gasteiger partial charge in [0, 0.05) is 0 Å². The van der Waals surface area contributed by atoms with Crippen LogP contribution in [0, 0.1) is 10.2 Å². The number of hydrogen-bond donors (Lipinski definition) is 0. The van der Waals surface area contributed by atoms with Gasteiger partial charge in [0.25, 0.3) is 0 Å². The Balaban J connectivity index is 3.60. The van der Waals surface area contributed by atoms with Gasteiger partial charge >= 0.3 is 5.97 Å². The summed E-state index contributed by atoms with van der Waals surface area (Å²) in [6.07, 6.45) is -0.130. The molecule has 6 heteroatoms. The van der Waals surface area contributed by atoms with Crippen LogP contribution in [-0.2, 0) is 9.08 Å². The van der Waals surface area contributed by atoms with E-state index in [9.17, 15) is 18.8 Å². The van der Waals surface area contributed by atoms with Gasteiger partial charge in [0.15, 0.2) is 0 Å². The first-order valence-corrected chi connectivity index (χ1v) is 3.32. The Kier molecular flexibility index (Phi) is 2.86. The van der Waals surface area contributed by atoms with Crippen LogP contribution < -0.4 is 14.0 Å². The zero-order valence-corrected chi connectivity index (χ0v) is 5.38. The van der Waals surface area contributed by atoms with Gasteiger partial charge < -0.3 is 0 Å². The van der Waals surface area contributed by atoms with Crippen LogP contribution >= 0.6 is 0 Å². The lowest BCUT2D eigenvalue weighted by molar-refractivity contribution is -1.92. The molecule has 0 atom stereocenters. The van der Waals surface area contributed by atoms with Gasteiger partial charge in [0.05, 0.1) is 6.42 Å². The number of carbonyl (C=O) groups is 1. The second-order valence-corrected chi connectivity index (χ2v) is 2.09. The monoisotopic (exact) mass is 156 g/mol. The summed E-state index contributed by atoms with van der Waals surface area (Å²) < 4.78 is 32.1. The first-order valence-electron chi connectivity index (χ1n) is 2.09. The van der Waals surface area contributed by atoms with Crippen LogP contribution in [0.5, 0.6) is 0 Å². The van der Waals surface area contributed by atoms with Crippen molar-refractivity contribution in [2.45, 2.75) is 13.3 Å². The van der Waals surface area contributed by atoms with E-state index in [0.29, 0.717) is 0 Å². The first kappa shape index (κ1) is 8.64. The van der Waals surface area contributed by atoms with Crippen LogP contribution in [0.15, 0.2) is 0 Å². The van der Waals surface area contributed by atoms with Gasteiger partial charge in [-0.3, -0.25) is 0 Å². The van der Waals surface area contributed by atoms with Gasteiger partial charge in [0.2, 0.25) is 0 Å². The van der Waals surface area contributed by atoms with Gasteiger partial charge in [-0.25, -0.2) is 4.79 Å². The Bertz CT molecular complexity index is 105. The molecule has 0 aromatic heterocycles. The average Bonchev–Trinajstić information content (AvgIpc) is 1.62. The molecule has 0 N–H and O–H groups in total. The molecule has 54 valence electrons. The second kappa shape index (κ2) is 2.98. The van der Waals surface area contributed by atoms with E-state index in [1.165, 1.54) is 6.92 Å². The zero-order valence-electron chi connectivity index (χ0n) is 4.63. The standard InChI is InChI=1S/C3H5ClO5/c1-2-3(5)9-4(6,7)8/h2H2,1H3. The number of carbonyl (C=O) groups excluding carboxylic acids is 1. The summed E-state index contributed by atoms with van der Waals surface area (Å²) in [5, 5.41) is 0. The second-order valence-electron chi connectivity index (χ2n) is 1.18. The quantitative estimate of drug-likeness (QED) is 0.421. The predicted octanol–water partition coefficient (Wildman–Crippen LogP) is -3.16. The molecule has 0 amide bonds. The zero-order chi connectivity index (χ0) is 7.49. The third-order valence-corrected chi connectivity index (χ3v) is 0.830. The molecule has 0 fully saturated rings. The molecule has 0 spiro atoms. The van der Waals surface area contributed by atoms with Crippen LogP contribution in [-0.4, -0.2) is 5.97 Å². The third-order valence-electron chi connectivity index (χ3n) is 0.469. The van der Waals surface area contributed by atoms with Crippen molar-refractivity contribution in [2.75, 3.05) is 0 Å². The molecule has 0 aromatic carbocycles. The lowest BCUT2D eigenvalue weighted by Gasteiger charge is -2.09. The van der Waals surface area contributed by atoms with Crippen LogP contribution in [0.3, 0.4) is 0 Å². The van der Waals surface area contributed by atoms with E-state index in [2.05, 4.69) is 4.29 Å². The van der Waals surface area contributed by atoms with E-state index in [0.717, 1.165) is 0 Å². The van der Waals surface area contributed by atoms with Gasteiger partial charge in [-0.05, 0) is 4.29 Å². The number of rotatable bonds is 2. The normalized spacial score (nSPS) is 11.1. The molecular formula is C3H5ClO5. The summed E-state index contributed by atoms with van der Waals surface area (Å²) in [5.41, 5.74) is 0. The molecule has 0 rings (SSSR count). The first-order chi connectivity index (χ1) is 3.95. The highest BCUT2D eigenvalue weighted by Crippen LogP contribution is 1.91. The Morgan fingerprint density at radius 2 is 2.00 bits per heavy atom. The summed E-state index contributed by atoms with van der Waals surface area (Å²) >= 11 is 0. The number of halogens is 1. The highest BCUT2D eigenvalue weighted by atomic mass is 35.7. The summed E-state index contributed by atoms with van der Waals surface area (Å²) in [5.74, 6) is -1.05. The van der Waals surface area contributed by atoms with Crippen molar-refractivity contribution in [2.24, 2.45) is 0 Å². The third kappa shape index (κ3) is 5.51.